The van der Waals surface area contributed by atoms with Gasteiger partial charge in [0.2, 0.25) is 0 Å². The highest BCUT2D eigenvalue weighted by molar-refractivity contribution is 5.74. The van der Waals surface area contributed by atoms with Crippen LogP contribution in [0.5, 0.6) is 11.5 Å². The van der Waals surface area contributed by atoms with E-state index in [0.29, 0.717) is 18.8 Å². The van der Waals surface area contributed by atoms with Crippen LogP contribution in [0.4, 0.5) is 0 Å². The Bertz CT molecular complexity index is 632. The monoisotopic (exact) mass is 296 g/mol. The first-order valence-corrected chi connectivity index (χ1v) is 7.78. The zero-order chi connectivity index (χ0) is 15.2. The number of hydrogen-bond acceptors (Lipinski definition) is 3. The molecule has 1 aliphatic rings. The van der Waals surface area contributed by atoms with Crippen LogP contribution < -0.4 is 9.47 Å². The van der Waals surface area contributed by atoms with Gasteiger partial charge >= 0.3 is 0 Å². The molecule has 0 spiro atoms. The highest BCUT2D eigenvalue weighted by atomic mass is 16.5. The average molecular weight is 296 g/mol. The van der Waals surface area contributed by atoms with Crippen LogP contribution in [0.15, 0.2) is 42.5 Å². The zero-order valence-electron chi connectivity index (χ0n) is 12.6. The van der Waals surface area contributed by atoms with Gasteiger partial charge in [-0.2, -0.15) is 0 Å². The lowest BCUT2D eigenvalue weighted by molar-refractivity contribution is 0.112. The molecule has 3 heteroatoms. The van der Waals surface area contributed by atoms with E-state index in [1.807, 2.05) is 6.07 Å². The molecule has 0 bridgehead atoms. The Morgan fingerprint density at radius 3 is 2.18 bits per heavy atom. The fraction of sp³-hybridized carbons (Fsp3) is 0.316. The lowest BCUT2D eigenvalue weighted by Gasteiger charge is -2.17. The van der Waals surface area contributed by atoms with Gasteiger partial charge in [0.25, 0.3) is 0 Å². The smallest absolute Gasteiger partial charge is 0.150 e. The van der Waals surface area contributed by atoms with Gasteiger partial charge in [-0.3, -0.25) is 4.79 Å². The molecule has 0 radical (unpaired) electrons. The van der Waals surface area contributed by atoms with Crippen molar-refractivity contribution in [2.75, 3.05) is 13.2 Å². The van der Waals surface area contributed by atoms with Crippen molar-refractivity contribution in [1.82, 2.24) is 0 Å². The van der Waals surface area contributed by atoms with Crippen molar-refractivity contribution < 1.29 is 14.3 Å². The minimum atomic E-state index is 0.484. The molecule has 0 aromatic heterocycles. The van der Waals surface area contributed by atoms with Gasteiger partial charge in [-0.25, -0.2) is 0 Å². The van der Waals surface area contributed by atoms with E-state index < -0.39 is 0 Å². The van der Waals surface area contributed by atoms with Crippen molar-refractivity contribution in [3.63, 3.8) is 0 Å². The average Bonchev–Trinajstić information content (AvgIpc) is 2.59. The van der Waals surface area contributed by atoms with Crippen molar-refractivity contribution >= 4 is 6.29 Å². The number of benzene rings is 2. The van der Waals surface area contributed by atoms with Crippen molar-refractivity contribution in [2.45, 2.75) is 25.7 Å². The van der Waals surface area contributed by atoms with E-state index in [1.54, 1.807) is 24.3 Å². The second-order valence-corrected chi connectivity index (χ2v) is 5.52. The summed E-state index contributed by atoms with van der Waals surface area (Å²) in [6, 6.07) is 13.5. The van der Waals surface area contributed by atoms with Gasteiger partial charge in [0.15, 0.2) is 0 Å². The number of carbonyl (C=O) groups excluding carboxylic acids is 1. The van der Waals surface area contributed by atoms with Gasteiger partial charge < -0.3 is 9.47 Å². The molecule has 2 aromatic rings. The molecule has 3 nitrogen and oxygen atoms in total. The molecule has 3 rings (SSSR count). The topological polar surface area (TPSA) is 35.5 Å². The summed E-state index contributed by atoms with van der Waals surface area (Å²) in [6.45, 7) is 0.992. The summed E-state index contributed by atoms with van der Waals surface area (Å²) in [5.74, 6) is 1.67. The number of rotatable bonds is 6. The molecule has 0 atom stereocenters. The number of hydrogen-bond donors (Lipinski definition) is 0. The molecule has 2 aromatic carbocycles. The summed E-state index contributed by atoms with van der Waals surface area (Å²) in [6.07, 6.45) is 5.74. The maximum Gasteiger partial charge on any atom is 0.150 e. The van der Waals surface area contributed by atoms with Crippen molar-refractivity contribution in [2.24, 2.45) is 0 Å². The van der Waals surface area contributed by atoms with Crippen LogP contribution in [0, 0.1) is 0 Å². The Kier molecular flexibility index (Phi) is 4.74. The molecule has 0 N–H and O–H groups in total. The van der Waals surface area contributed by atoms with Crippen LogP contribution in [0.1, 0.15) is 34.3 Å². The predicted octanol–water partition coefficient (Wildman–Crippen LogP) is 3.84. The van der Waals surface area contributed by atoms with E-state index in [2.05, 4.69) is 12.1 Å². The number of ether oxygens (including phenoxy) is 2. The van der Waals surface area contributed by atoms with Crippen LogP contribution in [0.25, 0.3) is 0 Å². The summed E-state index contributed by atoms with van der Waals surface area (Å²) in [5.41, 5.74) is 3.54. The number of fused-ring (bicyclic) bond motifs is 1. The van der Waals surface area contributed by atoms with Crippen molar-refractivity contribution in [3.8, 4) is 11.5 Å². The zero-order valence-corrected chi connectivity index (χ0v) is 12.6. The predicted molar refractivity (Wildman–Crippen MR) is 85.9 cm³/mol. The largest absolute Gasteiger partial charge is 0.490 e. The van der Waals surface area contributed by atoms with E-state index >= 15 is 0 Å². The first kappa shape index (κ1) is 14.6. The van der Waals surface area contributed by atoms with Gasteiger partial charge in [-0.05, 0) is 73.2 Å². The molecule has 1 aliphatic carbocycles. The SMILES string of the molecule is O=Cc1ccc(OCCOc2ccc3c(c2)CCCC3)cc1. The van der Waals surface area contributed by atoms with E-state index in [-0.39, 0.29) is 0 Å². The van der Waals surface area contributed by atoms with Gasteiger partial charge in [0.05, 0.1) is 0 Å². The van der Waals surface area contributed by atoms with Crippen LogP contribution >= 0.6 is 0 Å². The first-order valence-electron chi connectivity index (χ1n) is 7.78. The molecule has 0 fully saturated rings. The van der Waals surface area contributed by atoms with Crippen molar-refractivity contribution in [3.05, 3.63) is 59.2 Å². The second kappa shape index (κ2) is 7.12. The normalized spacial score (nSPS) is 13.3. The molecule has 114 valence electrons. The Balaban J connectivity index is 1.47. The summed E-state index contributed by atoms with van der Waals surface area (Å²) in [5, 5.41) is 0. The maximum atomic E-state index is 10.6. The fourth-order valence-electron chi connectivity index (χ4n) is 2.76. The lowest BCUT2D eigenvalue weighted by Crippen LogP contribution is -2.10. The third-order valence-electron chi connectivity index (χ3n) is 3.96. The van der Waals surface area contributed by atoms with E-state index in [4.69, 9.17) is 9.47 Å². The maximum absolute atomic E-state index is 10.6. The van der Waals surface area contributed by atoms with E-state index in [9.17, 15) is 4.79 Å². The highest BCUT2D eigenvalue weighted by Crippen LogP contribution is 2.25. The second-order valence-electron chi connectivity index (χ2n) is 5.52. The van der Waals surface area contributed by atoms with Crippen LogP contribution in [0.3, 0.4) is 0 Å². The molecule has 0 heterocycles. The fourth-order valence-corrected chi connectivity index (χ4v) is 2.76. The third-order valence-corrected chi connectivity index (χ3v) is 3.96. The summed E-state index contributed by atoms with van der Waals surface area (Å²) >= 11 is 0. The Labute approximate surface area is 130 Å². The first-order chi connectivity index (χ1) is 10.8. The minimum Gasteiger partial charge on any atom is -0.490 e. The molecule has 0 saturated heterocycles. The van der Waals surface area contributed by atoms with Crippen LogP contribution in [0.2, 0.25) is 0 Å². The standard InChI is InChI=1S/C19H20O3/c20-14-15-5-8-18(9-6-15)21-11-12-22-19-10-7-16-3-1-2-4-17(16)13-19/h5-10,13-14H,1-4,11-12H2. The quantitative estimate of drug-likeness (QED) is 0.600. The third kappa shape index (κ3) is 3.67. The number of carbonyl (C=O) groups is 1. The van der Waals surface area contributed by atoms with Gasteiger partial charge in [-0.1, -0.05) is 6.07 Å². The molecule has 22 heavy (non-hydrogen) atoms. The van der Waals surface area contributed by atoms with Gasteiger partial charge in [-0.15, -0.1) is 0 Å². The van der Waals surface area contributed by atoms with E-state index in [1.165, 1.54) is 30.4 Å². The van der Waals surface area contributed by atoms with Crippen molar-refractivity contribution in [1.29, 1.82) is 0 Å². The Morgan fingerprint density at radius 1 is 0.818 bits per heavy atom. The summed E-state index contributed by atoms with van der Waals surface area (Å²) in [7, 11) is 0. The van der Waals surface area contributed by atoms with Gasteiger partial charge in [0.1, 0.15) is 31.0 Å². The number of aryl methyl sites for hydroxylation is 2. The highest BCUT2D eigenvalue weighted by Gasteiger charge is 2.09. The Hall–Kier alpha value is -2.29. The van der Waals surface area contributed by atoms with Crippen LogP contribution in [-0.4, -0.2) is 19.5 Å². The molecule has 0 aliphatic heterocycles. The molecule has 0 unspecified atom stereocenters. The summed E-state index contributed by atoms with van der Waals surface area (Å²) in [4.78, 5) is 10.6. The van der Waals surface area contributed by atoms with Gasteiger partial charge in [0, 0.05) is 5.56 Å². The lowest BCUT2D eigenvalue weighted by atomic mass is 9.92. The number of aldehydes is 1. The molecular weight excluding hydrogens is 276 g/mol. The molecule has 0 saturated carbocycles. The van der Waals surface area contributed by atoms with Crippen LogP contribution in [-0.2, 0) is 12.8 Å². The summed E-state index contributed by atoms with van der Waals surface area (Å²) < 4.78 is 11.4. The molecule has 0 amide bonds. The minimum absolute atomic E-state index is 0.484. The van der Waals surface area contributed by atoms with E-state index in [0.717, 1.165) is 24.2 Å². The molecular formula is C19H20O3. The Morgan fingerprint density at radius 2 is 1.45 bits per heavy atom.